The first-order valence-electron chi connectivity index (χ1n) is 14.2. The molecule has 6 atom stereocenters. The second-order valence-corrected chi connectivity index (χ2v) is 10.7. The third kappa shape index (κ3) is 6.87. The zero-order valence-corrected chi connectivity index (χ0v) is 22.7. The molecule has 5 heteroatoms. The Morgan fingerprint density at radius 3 is 1.30 bits per heavy atom. The molecule has 1 heterocycles. The van der Waals surface area contributed by atoms with E-state index in [0.29, 0.717) is 33.0 Å². The summed E-state index contributed by atoms with van der Waals surface area (Å²) in [7, 11) is 0. The van der Waals surface area contributed by atoms with Crippen molar-refractivity contribution in [2.75, 3.05) is 6.61 Å². The third-order valence-corrected chi connectivity index (χ3v) is 7.83. The van der Waals surface area contributed by atoms with Crippen LogP contribution in [0.1, 0.15) is 22.3 Å². The fourth-order valence-corrected chi connectivity index (χ4v) is 5.69. The highest BCUT2D eigenvalue weighted by molar-refractivity contribution is 5.20. The van der Waals surface area contributed by atoms with Crippen LogP contribution in [-0.2, 0) is 45.4 Å². The van der Waals surface area contributed by atoms with Gasteiger partial charge >= 0.3 is 0 Å². The Morgan fingerprint density at radius 2 is 0.825 bits per heavy atom. The van der Waals surface area contributed by atoms with Gasteiger partial charge in [-0.15, -0.1) is 0 Å². The second-order valence-electron chi connectivity index (χ2n) is 10.7. The van der Waals surface area contributed by atoms with Crippen molar-refractivity contribution in [2.45, 2.75) is 56.8 Å². The van der Waals surface area contributed by atoms with Gasteiger partial charge in [0.05, 0.1) is 45.2 Å². The van der Waals surface area contributed by atoms with Crippen molar-refractivity contribution in [1.29, 1.82) is 0 Å². The molecule has 0 radical (unpaired) electrons. The van der Waals surface area contributed by atoms with Crippen molar-refractivity contribution in [3.63, 3.8) is 0 Å². The summed E-state index contributed by atoms with van der Waals surface area (Å²) < 4.78 is 26.4. The van der Waals surface area contributed by atoms with Gasteiger partial charge in [0.1, 0.15) is 12.2 Å². The summed E-state index contributed by atoms with van der Waals surface area (Å²) >= 11 is 0. The molecular formula is C35H37NO4. The standard InChI is InChI=1S/C35H37NO4/c1-5-13-26(14-6-1)21-37-25-30-31-32(36-31)34(39-23-28-17-9-3-10-18-28)35(40-24-29-19-11-4-12-20-29)33(30)38-22-27-15-7-2-8-16-27/h1-20,30-36H,21-25H2/t30-,31-,32-,33-,34-,35-/m0/s1. The zero-order chi connectivity index (χ0) is 27.0. The van der Waals surface area contributed by atoms with Gasteiger partial charge in [0.25, 0.3) is 0 Å². The summed E-state index contributed by atoms with van der Waals surface area (Å²) in [5.74, 6) is 0.134. The van der Waals surface area contributed by atoms with Crippen LogP contribution in [0.5, 0.6) is 0 Å². The Morgan fingerprint density at radius 1 is 0.425 bits per heavy atom. The molecule has 0 bridgehead atoms. The van der Waals surface area contributed by atoms with Gasteiger partial charge in [-0.05, 0) is 22.3 Å². The van der Waals surface area contributed by atoms with Gasteiger partial charge in [0.15, 0.2) is 0 Å². The fraction of sp³-hybridized carbons (Fsp3) is 0.314. The maximum Gasteiger partial charge on any atom is 0.112 e. The SMILES string of the molecule is c1ccc(COC[C@H]2[C@@H]3N[C@@H]3[C@H](OCc3ccccc3)[C@@H](OCc3ccccc3)[C@H]2OCc2ccccc2)cc1. The number of nitrogens with one attached hydrogen (secondary N) is 1. The Hall–Kier alpha value is -3.32. The molecule has 2 fully saturated rings. The number of ether oxygens (including phenoxy) is 4. The van der Waals surface area contributed by atoms with Gasteiger partial charge in [0.2, 0.25) is 0 Å². The minimum atomic E-state index is -0.255. The van der Waals surface area contributed by atoms with Crippen molar-refractivity contribution in [2.24, 2.45) is 5.92 Å². The first kappa shape index (κ1) is 26.9. The summed E-state index contributed by atoms with van der Waals surface area (Å²) in [6.45, 7) is 2.69. The Kier molecular flexibility index (Phi) is 8.98. The van der Waals surface area contributed by atoms with Crippen molar-refractivity contribution >= 4 is 0 Å². The summed E-state index contributed by atoms with van der Waals surface area (Å²) in [4.78, 5) is 0. The molecule has 40 heavy (non-hydrogen) atoms. The number of fused-ring (bicyclic) bond motifs is 1. The lowest BCUT2D eigenvalue weighted by atomic mass is 9.82. The topological polar surface area (TPSA) is 58.9 Å². The summed E-state index contributed by atoms with van der Waals surface area (Å²) in [5, 5.41) is 3.71. The van der Waals surface area contributed by atoms with Crippen LogP contribution in [0.2, 0.25) is 0 Å². The van der Waals surface area contributed by atoms with E-state index in [2.05, 4.69) is 53.8 Å². The number of hydrogen-bond acceptors (Lipinski definition) is 5. The lowest BCUT2D eigenvalue weighted by Gasteiger charge is -2.41. The van der Waals surface area contributed by atoms with E-state index in [-0.39, 0.29) is 36.3 Å². The lowest BCUT2D eigenvalue weighted by Crippen LogP contribution is -2.55. The van der Waals surface area contributed by atoms with E-state index >= 15 is 0 Å². The molecule has 1 saturated carbocycles. The van der Waals surface area contributed by atoms with E-state index in [1.807, 2.05) is 72.8 Å². The van der Waals surface area contributed by atoms with Crippen LogP contribution in [-0.4, -0.2) is 37.0 Å². The molecule has 4 aromatic carbocycles. The summed E-state index contributed by atoms with van der Waals surface area (Å²) in [6, 6.07) is 41.8. The molecule has 1 aliphatic carbocycles. The molecule has 0 aromatic heterocycles. The molecule has 5 nitrogen and oxygen atoms in total. The van der Waals surface area contributed by atoms with Crippen LogP contribution < -0.4 is 5.32 Å². The highest BCUT2D eigenvalue weighted by Gasteiger charge is 2.60. The molecule has 2 aliphatic rings. The Balaban J connectivity index is 1.23. The van der Waals surface area contributed by atoms with Gasteiger partial charge in [-0.25, -0.2) is 0 Å². The van der Waals surface area contributed by atoms with Crippen molar-refractivity contribution in [1.82, 2.24) is 5.32 Å². The molecule has 6 rings (SSSR count). The van der Waals surface area contributed by atoms with Crippen LogP contribution in [0.4, 0.5) is 0 Å². The highest BCUT2D eigenvalue weighted by Crippen LogP contribution is 2.41. The molecular weight excluding hydrogens is 498 g/mol. The van der Waals surface area contributed by atoms with E-state index in [0.717, 1.165) is 16.7 Å². The van der Waals surface area contributed by atoms with Crippen molar-refractivity contribution < 1.29 is 18.9 Å². The lowest BCUT2D eigenvalue weighted by molar-refractivity contribution is -0.185. The van der Waals surface area contributed by atoms with Gasteiger partial charge in [-0.2, -0.15) is 0 Å². The monoisotopic (exact) mass is 535 g/mol. The predicted octanol–water partition coefficient (Wildman–Crippen LogP) is 5.93. The quantitative estimate of drug-likeness (QED) is 0.215. The van der Waals surface area contributed by atoms with Crippen molar-refractivity contribution in [3.05, 3.63) is 144 Å². The molecule has 1 saturated heterocycles. The van der Waals surface area contributed by atoms with E-state index < -0.39 is 0 Å². The van der Waals surface area contributed by atoms with E-state index in [9.17, 15) is 0 Å². The predicted molar refractivity (Wildman–Crippen MR) is 155 cm³/mol. The molecule has 1 N–H and O–H groups in total. The summed E-state index contributed by atoms with van der Waals surface area (Å²) in [6.07, 6.45) is -0.592. The van der Waals surface area contributed by atoms with Crippen molar-refractivity contribution in [3.8, 4) is 0 Å². The van der Waals surface area contributed by atoms with Crippen LogP contribution in [0.25, 0.3) is 0 Å². The zero-order valence-electron chi connectivity index (χ0n) is 22.7. The maximum absolute atomic E-state index is 6.74. The molecule has 206 valence electrons. The van der Waals surface area contributed by atoms with E-state index in [1.165, 1.54) is 5.56 Å². The fourth-order valence-electron chi connectivity index (χ4n) is 5.69. The third-order valence-electron chi connectivity index (χ3n) is 7.83. The Bertz CT molecular complexity index is 1290. The van der Waals surface area contributed by atoms with Gasteiger partial charge < -0.3 is 24.3 Å². The second kappa shape index (κ2) is 13.4. The van der Waals surface area contributed by atoms with Gasteiger partial charge in [-0.3, -0.25) is 0 Å². The molecule has 0 unspecified atom stereocenters. The minimum Gasteiger partial charge on any atom is -0.376 e. The van der Waals surface area contributed by atoms with Gasteiger partial charge in [-0.1, -0.05) is 121 Å². The Labute approximate surface area is 237 Å². The number of benzene rings is 4. The van der Waals surface area contributed by atoms with Crippen LogP contribution in [0.3, 0.4) is 0 Å². The first-order valence-corrected chi connectivity index (χ1v) is 14.2. The number of hydrogen-bond donors (Lipinski definition) is 1. The van der Waals surface area contributed by atoms with E-state index in [1.54, 1.807) is 0 Å². The first-order chi connectivity index (χ1) is 19.8. The van der Waals surface area contributed by atoms with Crippen LogP contribution in [0, 0.1) is 5.92 Å². The molecule has 4 aromatic rings. The number of rotatable bonds is 13. The largest absolute Gasteiger partial charge is 0.376 e. The summed E-state index contributed by atoms with van der Waals surface area (Å²) in [5.41, 5.74) is 4.59. The maximum atomic E-state index is 6.74. The van der Waals surface area contributed by atoms with Gasteiger partial charge in [0, 0.05) is 12.0 Å². The molecule has 1 aliphatic heterocycles. The molecule has 0 amide bonds. The highest BCUT2D eigenvalue weighted by atomic mass is 16.6. The smallest absolute Gasteiger partial charge is 0.112 e. The average molecular weight is 536 g/mol. The van der Waals surface area contributed by atoms with E-state index in [4.69, 9.17) is 18.9 Å². The normalized spacial score (nSPS) is 25.3. The molecule has 0 spiro atoms. The average Bonchev–Trinajstić information content (AvgIpc) is 3.82. The van der Waals surface area contributed by atoms with Crippen LogP contribution >= 0.6 is 0 Å². The minimum absolute atomic E-state index is 0.134. The van der Waals surface area contributed by atoms with Crippen LogP contribution in [0.15, 0.2) is 121 Å².